The number of fused-ring (bicyclic) bond motifs is 3. The van der Waals surface area contributed by atoms with Crippen LogP contribution in [0.2, 0.25) is 0 Å². The molecular weight excluding hydrogens is 330 g/mol. The normalized spacial score (nSPS) is 21.3. The fourth-order valence-corrected chi connectivity index (χ4v) is 6.08. The Hall–Kier alpha value is -1.20. The van der Waals surface area contributed by atoms with Gasteiger partial charge >= 0.3 is 0 Å². The molecule has 4 nitrogen and oxygen atoms in total. The molecule has 0 spiro atoms. The smallest absolute Gasteiger partial charge is 0.259 e. The highest BCUT2D eigenvalue weighted by Gasteiger charge is 2.31. The number of aryl methyl sites for hydroxylation is 2. The second kappa shape index (κ2) is 6.51. The first-order valence-corrected chi connectivity index (χ1v) is 10.9. The van der Waals surface area contributed by atoms with E-state index in [1.54, 1.807) is 11.3 Å². The van der Waals surface area contributed by atoms with E-state index in [9.17, 15) is 4.79 Å². The van der Waals surface area contributed by atoms with E-state index < -0.39 is 0 Å². The lowest BCUT2D eigenvalue weighted by Crippen LogP contribution is -2.33. The topological polar surface area (TPSA) is 49.0 Å². The van der Waals surface area contributed by atoms with Crippen LogP contribution >= 0.6 is 11.3 Å². The summed E-state index contributed by atoms with van der Waals surface area (Å²) in [5.41, 5.74) is 1.37. The van der Waals surface area contributed by atoms with Crippen LogP contribution in [0.15, 0.2) is 4.79 Å². The van der Waals surface area contributed by atoms with Gasteiger partial charge in [0.25, 0.3) is 5.56 Å². The number of hydrogen-bond donors (Lipinski definition) is 1. The fraction of sp³-hybridized carbons (Fsp3) is 0.700. The molecule has 134 valence electrons. The fourth-order valence-electron chi connectivity index (χ4n) is 4.80. The van der Waals surface area contributed by atoms with Crippen LogP contribution in [0.1, 0.15) is 67.6 Å². The van der Waals surface area contributed by atoms with E-state index in [1.165, 1.54) is 68.4 Å². The van der Waals surface area contributed by atoms with E-state index in [0.29, 0.717) is 0 Å². The first kappa shape index (κ1) is 16.0. The lowest BCUT2D eigenvalue weighted by atomic mass is 9.89. The van der Waals surface area contributed by atoms with Gasteiger partial charge in [-0.25, -0.2) is 4.98 Å². The predicted molar refractivity (Wildman–Crippen MR) is 102 cm³/mol. The van der Waals surface area contributed by atoms with Crippen LogP contribution in [0, 0.1) is 5.92 Å². The van der Waals surface area contributed by atoms with E-state index >= 15 is 0 Å². The van der Waals surface area contributed by atoms with Gasteiger partial charge in [-0.1, -0.05) is 19.3 Å². The monoisotopic (exact) mass is 357 g/mol. The lowest BCUT2D eigenvalue weighted by molar-refractivity contribution is 0.182. The molecule has 0 saturated heterocycles. The highest BCUT2D eigenvalue weighted by atomic mass is 32.1. The van der Waals surface area contributed by atoms with Gasteiger partial charge in [0, 0.05) is 17.5 Å². The molecule has 0 unspecified atom stereocenters. The molecule has 2 aromatic heterocycles. The van der Waals surface area contributed by atoms with Crippen LogP contribution in [-0.2, 0) is 19.4 Å². The second-order valence-corrected chi connectivity index (χ2v) is 9.30. The van der Waals surface area contributed by atoms with E-state index in [2.05, 4.69) is 9.88 Å². The number of nitrogens with one attached hydrogen (secondary N) is 1. The number of H-pyrrole nitrogens is 1. The highest BCUT2D eigenvalue weighted by Crippen LogP contribution is 2.35. The molecule has 3 aliphatic carbocycles. The minimum Gasteiger partial charge on any atom is -0.309 e. The molecule has 0 aromatic carbocycles. The number of thiophene rings is 1. The zero-order chi connectivity index (χ0) is 16.8. The molecule has 0 bridgehead atoms. The number of aromatic amines is 1. The van der Waals surface area contributed by atoms with Crippen LogP contribution in [-0.4, -0.2) is 27.5 Å². The van der Waals surface area contributed by atoms with Crippen molar-refractivity contribution in [3.05, 3.63) is 26.6 Å². The average molecular weight is 358 g/mol. The van der Waals surface area contributed by atoms with Crippen molar-refractivity contribution in [3.8, 4) is 0 Å². The summed E-state index contributed by atoms with van der Waals surface area (Å²) >= 11 is 1.75. The maximum atomic E-state index is 12.7. The van der Waals surface area contributed by atoms with Crippen molar-refractivity contribution < 1.29 is 0 Å². The van der Waals surface area contributed by atoms with Gasteiger partial charge in [0.15, 0.2) is 0 Å². The lowest BCUT2D eigenvalue weighted by Gasteiger charge is -2.29. The molecule has 0 atom stereocenters. The summed E-state index contributed by atoms with van der Waals surface area (Å²) in [7, 11) is 0. The van der Waals surface area contributed by atoms with Crippen LogP contribution in [0.4, 0.5) is 0 Å². The van der Waals surface area contributed by atoms with Gasteiger partial charge in [-0.2, -0.15) is 0 Å². The molecule has 0 aliphatic heterocycles. The van der Waals surface area contributed by atoms with Crippen LogP contribution < -0.4 is 5.56 Å². The molecule has 2 saturated carbocycles. The van der Waals surface area contributed by atoms with Crippen molar-refractivity contribution >= 4 is 21.6 Å². The molecule has 5 heteroatoms. The van der Waals surface area contributed by atoms with Crippen LogP contribution in [0.3, 0.4) is 0 Å². The SMILES string of the molecule is O=c1[nH]c(CN(CC2CCCCC2)C2CC2)nc2sc3c(c12)CCC3. The summed E-state index contributed by atoms with van der Waals surface area (Å²) < 4.78 is 0. The van der Waals surface area contributed by atoms with Crippen molar-refractivity contribution in [1.82, 2.24) is 14.9 Å². The van der Waals surface area contributed by atoms with Crippen molar-refractivity contribution in [2.24, 2.45) is 5.92 Å². The molecular formula is C20H27N3OS. The van der Waals surface area contributed by atoms with Crippen molar-refractivity contribution in [2.45, 2.75) is 76.8 Å². The minimum atomic E-state index is 0.0906. The maximum Gasteiger partial charge on any atom is 0.259 e. The van der Waals surface area contributed by atoms with Gasteiger partial charge in [0.05, 0.1) is 11.9 Å². The van der Waals surface area contributed by atoms with Crippen LogP contribution in [0.5, 0.6) is 0 Å². The third-order valence-corrected chi connectivity index (χ3v) is 7.44. The van der Waals surface area contributed by atoms with E-state index in [-0.39, 0.29) is 5.56 Å². The van der Waals surface area contributed by atoms with Crippen molar-refractivity contribution in [3.63, 3.8) is 0 Å². The summed E-state index contributed by atoms with van der Waals surface area (Å²) in [4.78, 5) is 25.6. The number of rotatable bonds is 5. The van der Waals surface area contributed by atoms with Gasteiger partial charge in [-0.15, -0.1) is 11.3 Å². The molecule has 2 aromatic rings. The third-order valence-electron chi connectivity index (χ3n) is 6.26. The Bertz CT molecular complexity index is 829. The van der Waals surface area contributed by atoms with Gasteiger partial charge in [0.1, 0.15) is 10.7 Å². The summed E-state index contributed by atoms with van der Waals surface area (Å²) in [5, 5.41) is 0.881. The molecule has 5 rings (SSSR count). The molecule has 1 N–H and O–H groups in total. The maximum absolute atomic E-state index is 12.7. The Morgan fingerprint density at radius 2 is 1.92 bits per heavy atom. The predicted octanol–water partition coefficient (Wildman–Crippen LogP) is 4.02. The molecule has 2 heterocycles. The summed E-state index contributed by atoms with van der Waals surface area (Å²) in [6.45, 7) is 2.00. The molecule has 25 heavy (non-hydrogen) atoms. The largest absolute Gasteiger partial charge is 0.309 e. The van der Waals surface area contributed by atoms with Crippen molar-refractivity contribution in [2.75, 3.05) is 6.54 Å². The van der Waals surface area contributed by atoms with E-state index in [1.807, 2.05) is 0 Å². The molecule has 2 fully saturated rings. The number of nitrogens with zero attached hydrogens (tertiary/aromatic N) is 2. The summed E-state index contributed by atoms with van der Waals surface area (Å²) in [6.07, 6.45) is 12.9. The zero-order valence-corrected chi connectivity index (χ0v) is 15.7. The quantitative estimate of drug-likeness (QED) is 0.879. The Kier molecular flexibility index (Phi) is 4.17. The second-order valence-electron chi connectivity index (χ2n) is 8.21. The van der Waals surface area contributed by atoms with E-state index in [0.717, 1.165) is 47.4 Å². The van der Waals surface area contributed by atoms with E-state index in [4.69, 9.17) is 4.98 Å². The third kappa shape index (κ3) is 3.17. The number of aromatic nitrogens is 2. The zero-order valence-electron chi connectivity index (χ0n) is 14.9. The summed E-state index contributed by atoms with van der Waals surface area (Å²) in [6, 6.07) is 0.719. The molecule has 0 radical (unpaired) electrons. The van der Waals surface area contributed by atoms with Gasteiger partial charge in [-0.05, 0) is 56.4 Å². The molecule has 0 amide bonds. The standard InChI is InChI=1S/C20H27N3OS/c24-19-18-15-7-4-8-16(15)25-20(18)22-17(21-19)12-23(14-9-10-14)11-13-5-2-1-3-6-13/h13-14H,1-12H2,(H,21,22,24). The number of hydrogen-bond acceptors (Lipinski definition) is 4. The van der Waals surface area contributed by atoms with Gasteiger partial charge in [-0.3, -0.25) is 9.69 Å². The van der Waals surface area contributed by atoms with Crippen molar-refractivity contribution in [1.29, 1.82) is 0 Å². The molecule has 3 aliphatic rings. The summed E-state index contributed by atoms with van der Waals surface area (Å²) in [5.74, 6) is 1.72. The Labute approximate surface area is 152 Å². The first-order chi connectivity index (χ1) is 12.3. The first-order valence-electron chi connectivity index (χ1n) is 10.1. The van der Waals surface area contributed by atoms with Gasteiger partial charge < -0.3 is 4.98 Å². The minimum absolute atomic E-state index is 0.0906. The van der Waals surface area contributed by atoms with Gasteiger partial charge in [0.2, 0.25) is 0 Å². The Balaban J connectivity index is 1.39. The average Bonchev–Trinajstić information content (AvgIpc) is 3.26. The highest BCUT2D eigenvalue weighted by molar-refractivity contribution is 7.18. The van der Waals surface area contributed by atoms with Crippen LogP contribution in [0.25, 0.3) is 10.2 Å². The Morgan fingerprint density at radius 3 is 2.72 bits per heavy atom. The Morgan fingerprint density at radius 1 is 1.08 bits per heavy atom.